The Morgan fingerprint density at radius 2 is 2.12 bits per heavy atom. The van der Waals surface area contributed by atoms with Crippen LogP contribution < -0.4 is 15.8 Å². The zero-order chi connectivity index (χ0) is 17.4. The molecule has 25 heavy (non-hydrogen) atoms. The van der Waals surface area contributed by atoms with Crippen LogP contribution in [0.1, 0.15) is 43.7 Å². The third-order valence-corrected chi connectivity index (χ3v) is 4.45. The van der Waals surface area contributed by atoms with E-state index >= 15 is 0 Å². The van der Waals surface area contributed by atoms with Crippen LogP contribution in [0.5, 0.6) is 5.75 Å². The van der Waals surface area contributed by atoms with Crippen molar-refractivity contribution in [1.82, 2.24) is 5.32 Å². The van der Waals surface area contributed by atoms with E-state index in [1.807, 2.05) is 32.0 Å². The molecular formula is C19H31ClN2O3. The van der Waals surface area contributed by atoms with Crippen molar-refractivity contribution >= 4 is 18.3 Å². The molecule has 2 unspecified atom stereocenters. The first-order valence-corrected chi connectivity index (χ1v) is 8.93. The van der Waals surface area contributed by atoms with E-state index < -0.39 is 0 Å². The fourth-order valence-corrected chi connectivity index (χ4v) is 3.09. The Hall–Kier alpha value is -1.30. The summed E-state index contributed by atoms with van der Waals surface area (Å²) in [6.45, 7) is 6.23. The Kier molecular flexibility index (Phi) is 9.86. The van der Waals surface area contributed by atoms with Gasteiger partial charge in [-0.15, -0.1) is 12.4 Å². The van der Waals surface area contributed by atoms with Crippen LogP contribution in [0, 0.1) is 12.8 Å². The number of carbonyl (C=O) groups excluding carboxylic acids is 1. The normalized spacial score (nSPS) is 19.8. The van der Waals surface area contributed by atoms with Crippen molar-refractivity contribution in [1.29, 1.82) is 0 Å². The highest BCUT2D eigenvalue weighted by atomic mass is 35.5. The first kappa shape index (κ1) is 21.7. The summed E-state index contributed by atoms with van der Waals surface area (Å²) in [7, 11) is 0. The summed E-state index contributed by atoms with van der Waals surface area (Å²) in [6.07, 6.45) is 3.79. The summed E-state index contributed by atoms with van der Waals surface area (Å²) >= 11 is 0. The molecule has 1 fully saturated rings. The number of aryl methyl sites for hydroxylation is 1. The standard InChI is InChI=1S/C19H30N2O3.ClH/c1-3-23-9-10-24-18-11-14(2)7-8-16(18)13-21-19(22)15-5-4-6-17(20)12-15;/h7-8,11,15,17H,3-6,9-10,12-13,20H2,1-2H3,(H,21,22);1H. The molecule has 2 atom stereocenters. The maximum atomic E-state index is 12.4. The molecule has 5 nitrogen and oxygen atoms in total. The maximum absolute atomic E-state index is 12.4. The second kappa shape index (κ2) is 11.3. The van der Waals surface area contributed by atoms with Gasteiger partial charge in [-0.25, -0.2) is 0 Å². The number of nitrogens with two attached hydrogens (primary N) is 1. The molecule has 2 rings (SSSR count). The van der Waals surface area contributed by atoms with Gasteiger partial charge in [-0.05, 0) is 44.7 Å². The quantitative estimate of drug-likeness (QED) is 0.690. The van der Waals surface area contributed by atoms with Gasteiger partial charge in [-0.1, -0.05) is 18.6 Å². The summed E-state index contributed by atoms with van der Waals surface area (Å²) in [5.74, 6) is 0.961. The minimum absolute atomic E-state index is 0. The summed E-state index contributed by atoms with van der Waals surface area (Å²) in [5.41, 5.74) is 8.10. The number of hydrogen-bond acceptors (Lipinski definition) is 4. The van der Waals surface area contributed by atoms with Crippen LogP contribution in [0.25, 0.3) is 0 Å². The topological polar surface area (TPSA) is 73.6 Å². The Labute approximate surface area is 157 Å². The number of ether oxygens (including phenoxy) is 2. The van der Waals surface area contributed by atoms with E-state index in [-0.39, 0.29) is 30.3 Å². The van der Waals surface area contributed by atoms with Gasteiger partial charge in [0, 0.05) is 30.7 Å². The van der Waals surface area contributed by atoms with Crippen molar-refractivity contribution in [2.24, 2.45) is 11.7 Å². The van der Waals surface area contributed by atoms with Crippen LogP contribution in [-0.2, 0) is 16.1 Å². The third-order valence-electron chi connectivity index (χ3n) is 4.45. The Bertz CT molecular complexity index is 539. The summed E-state index contributed by atoms with van der Waals surface area (Å²) in [5, 5.41) is 3.04. The minimum atomic E-state index is 0. The highest BCUT2D eigenvalue weighted by Gasteiger charge is 2.25. The van der Waals surface area contributed by atoms with Gasteiger partial charge < -0.3 is 20.5 Å². The van der Waals surface area contributed by atoms with Gasteiger partial charge in [0.05, 0.1) is 6.61 Å². The van der Waals surface area contributed by atoms with Gasteiger partial charge >= 0.3 is 0 Å². The molecule has 142 valence electrons. The van der Waals surface area contributed by atoms with Gasteiger partial charge in [-0.3, -0.25) is 4.79 Å². The summed E-state index contributed by atoms with van der Waals surface area (Å²) in [4.78, 5) is 12.4. The molecule has 0 spiro atoms. The van der Waals surface area contributed by atoms with Crippen LogP contribution in [-0.4, -0.2) is 31.8 Å². The fourth-order valence-electron chi connectivity index (χ4n) is 3.09. The molecule has 0 heterocycles. The molecule has 1 aliphatic carbocycles. The molecule has 0 aromatic heterocycles. The monoisotopic (exact) mass is 370 g/mol. The van der Waals surface area contributed by atoms with Crippen molar-refractivity contribution in [3.05, 3.63) is 29.3 Å². The maximum Gasteiger partial charge on any atom is 0.223 e. The Morgan fingerprint density at radius 3 is 2.84 bits per heavy atom. The Balaban J connectivity index is 0.00000312. The summed E-state index contributed by atoms with van der Waals surface area (Å²) < 4.78 is 11.1. The third kappa shape index (κ3) is 7.22. The number of rotatable bonds is 8. The van der Waals surface area contributed by atoms with Crippen molar-refractivity contribution in [3.8, 4) is 5.75 Å². The zero-order valence-corrected chi connectivity index (χ0v) is 16.1. The highest BCUT2D eigenvalue weighted by molar-refractivity contribution is 5.85. The lowest BCUT2D eigenvalue weighted by atomic mass is 9.85. The lowest BCUT2D eigenvalue weighted by Crippen LogP contribution is -2.37. The molecule has 0 saturated heterocycles. The van der Waals surface area contributed by atoms with E-state index in [1.54, 1.807) is 0 Å². The molecule has 1 aliphatic rings. The van der Waals surface area contributed by atoms with Gasteiger partial charge in [0.1, 0.15) is 12.4 Å². The molecule has 1 aromatic rings. The average molecular weight is 371 g/mol. The fraction of sp³-hybridized carbons (Fsp3) is 0.632. The van der Waals surface area contributed by atoms with Gasteiger partial charge in [0.15, 0.2) is 0 Å². The van der Waals surface area contributed by atoms with Gasteiger partial charge in [0.2, 0.25) is 5.91 Å². The second-order valence-corrected chi connectivity index (χ2v) is 6.50. The van der Waals surface area contributed by atoms with Gasteiger partial charge in [0.25, 0.3) is 0 Å². The predicted molar refractivity (Wildman–Crippen MR) is 102 cm³/mol. The molecule has 6 heteroatoms. The number of halogens is 1. The molecule has 1 saturated carbocycles. The van der Waals surface area contributed by atoms with Crippen LogP contribution >= 0.6 is 12.4 Å². The van der Waals surface area contributed by atoms with Crippen LogP contribution in [0.4, 0.5) is 0 Å². The van der Waals surface area contributed by atoms with E-state index in [0.29, 0.717) is 26.4 Å². The molecule has 0 bridgehead atoms. The van der Waals surface area contributed by atoms with Crippen molar-refractivity contribution in [2.75, 3.05) is 19.8 Å². The molecule has 3 N–H and O–H groups in total. The average Bonchev–Trinajstić information content (AvgIpc) is 2.57. The van der Waals surface area contributed by atoms with Crippen LogP contribution in [0.2, 0.25) is 0 Å². The number of nitrogens with one attached hydrogen (secondary N) is 1. The largest absolute Gasteiger partial charge is 0.491 e. The molecule has 0 aliphatic heterocycles. The lowest BCUT2D eigenvalue weighted by molar-refractivity contribution is -0.126. The van der Waals surface area contributed by atoms with Crippen molar-refractivity contribution < 1.29 is 14.3 Å². The smallest absolute Gasteiger partial charge is 0.223 e. The number of carbonyl (C=O) groups is 1. The first-order chi connectivity index (χ1) is 11.6. The van der Waals surface area contributed by atoms with E-state index in [1.165, 1.54) is 0 Å². The highest BCUT2D eigenvalue weighted by Crippen LogP contribution is 2.24. The van der Waals surface area contributed by atoms with E-state index in [2.05, 4.69) is 5.32 Å². The molecule has 0 radical (unpaired) electrons. The van der Waals surface area contributed by atoms with E-state index in [4.69, 9.17) is 15.2 Å². The SMILES string of the molecule is CCOCCOc1cc(C)ccc1CNC(=O)C1CCCC(N)C1.Cl. The molecule has 1 aromatic carbocycles. The molecule has 1 amide bonds. The Morgan fingerprint density at radius 1 is 1.32 bits per heavy atom. The minimum Gasteiger partial charge on any atom is -0.491 e. The molecular weight excluding hydrogens is 340 g/mol. The zero-order valence-electron chi connectivity index (χ0n) is 15.3. The van der Waals surface area contributed by atoms with E-state index in [9.17, 15) is 4.79 Å². The first-order valence-electron chi connectivity index (χ1n) is 8.93. The number of amides is 1. The second-order valence-electron chi connectivity index (χ2n) is 6.50. The van der Waals surface area contributed by atoms with Crippen LogP contribution in [0.15, 0.2) is 18.2 Å². The summed E-state index contributed by atoms with van der Waals surface area (Å²) in [6, 6.07) is 6.21. The van der Waals surface area contributed by atoms with E-state index in [0.717, 1.165) is 42.6 Å². The van der Waals surface area contributed by atoms with Gasteiger partial charge in [-0.2, -0.15) is 0 Å². The predicted octanol–water partition coefficient (Wildman–Crippen LogP) is 2.97. The van der Waals surface area contributed by atoms with Crippen LogP contribution in [0.3, 0.4) is 0 Å². The van der Waals surface area contributed by atoms with Crippen molar-refractivity contribution in [3.63, 3.8) is 0 Å². The number of benzene rings is 1. The van der Waals surface area contributed by atoms with Crippen molar-refractivity contribution in [2.45, 2.75) is 52.1 Å². The number of hydrogen-bond donors (Lipinski definition) is 2. The lowest BCUT2D eigenvalue weighted by Gasteiger charge is -2.25.